The zero-order valence-electron chi connectivity index (χ0n) is 23.5. The molecule has 0 saturated heterocycles. The summed E-state index contributed by atoms with van der Waals surface area (Å²) in [4.78, 5) is 24.0. The lowest BCUT2D eigenvalue weighted by molar-refractivity contribution is -0.185. The molecule has 3 rings (SSSR count). The van der Waals surface area contributed by atoms with E-state index in [0.717, 1.165) is 31.8 Å². The number of rotatable bonds is 16. The number of halogens is 2. The maximum absolute atomic E-state index is 14.7. The highest BCUT2D eigenvalue weighted by Crippen LogP contribution is 2.32. The van der Waals surface area contributed by atoms with Crippen molar-refractivity contribution in [2.75, 3.05) is 31.3 Å². The molecule has 0 heterocycles. The van der Waals surface area contributed by atoms with E-state index in [2.05, 4.69) is 6.07 Å². The number of nitrogen functional groups attached to an aromatic ring is 2. The number of nitrogens with two attached hydrogens (primary N) is 2. The van der Waals surface area contributed by atoms with Gasteiger partial charge < -0.3 is 30.4 Å². The number of carbonyl (C=O) groups excluding carboxylic acids is 2. The molecule has 0 fully saturated rings. The summed E-state index contributed by atoms with van der Waals surface area (Å²) in [5.74, 6) is -0.921. The second-order valence-electron chi connectivity index (χ2n) is 9.41. The van der Waals surface area contributed by atoms with Gasteiger partial charge in [0.2, 0.25) is 0 Å². The van der Waals surface area contributed by atoms with E-state index < -0.39 is 18.0 Å². The number of nitrogens with zero attached hydrogens (tertiary/aromatic N) is 1. The van der Waals surface area contributed by atoms with Crippen LogP contribution in [0.1, 0.15) is 53.6 Å². The molecular formula is C32H33F2N3O6. The fraction of sp³-hybridized carbons (Fsp3) is 0.281. The molecule has 0 spiro atoms. The SMILES string of the molecule is N#CCCCCCCOc1ccc(C(F)(F)Oc2ccc(C=CC(=O)OCCOC(=O)c3cc(N)cc(N)c3)cc2)cc1. The molecule has 0 unspecified atom stereocenters. The Kier molecular flexibility index (Phi) is 12.3. The van der Waals surface area contributed by atoms with Crippen molar-refractivity contribution in [3.8, 4) is 17.6 Å². The highest BCUT2D eigenvalue weighted by Gasteiger charge is 2.34. The third kappa shape index (κ3) is 11.4. The highest BCUT2D eigenvalue weighted by molar-refractivity contribution is 5.91. The highest BCUT2D eigenvalue weighted by atomic mass is 19.3. The third-order valence-corrected chi connectivity index (χ3v) is 5.95. The number of nitriles is 1. The first-order valence-corrected chi connectivity index (χ1v) is 13.6. The summed E-state index contributed by atoms with van der Waals surface area (Å²) < 4.78 is 50.0. The molecule has 0 aliphatic heterocycles. The van der Waals surface area contributed by atoms with Crippen LogP contribution in [0.3, 0.4) is 0 Å². The molecule has 3 aromatic rings. The zero-order valence-corrected chi connectivity index (χ0v) is 23.5. The van der Waals surface area contributed by atoms with Gasteiger partial charge in [-0.25, -0.2) is 9.59 Å². The van der Waals surface area contributed by atoms with E-state index in [1.165, 1.54) is 72.8 Å². The average Bonchev–Trinajstić information content (AvgIpc) is 2.98. The Morgan fingerprint density at radius 2 is 1.44 bits per heavy atom. The van der Waals surface area contributed by atoms with Gasteiger partial charge in [-0.05, 0) is 79.1 Å². The molecule has 0 saturated carbocycles. The van der Waals surface area contributed by atoms with Crippen molar-refractivity contribution in [3.63, 3.8) is 0 Å². The Balaban J connectivity index is 1.39. The van der Waals surface area contributed by atoms with Gasteiger partial charge in [-0.3, -0.25) is 0 Å². The largest absolute Gasteiger partial charge is 0.494 e. The summed E-state index contributed by atoms with van der Waals surface area (Å²) in [6.45, 7) is 0.119. The number of hydrogen-bond acceptors (Lipinski definition) is 9. The molecule has 11 heteroatoms. The van der Waals surface area contributed by atoms with Crippen LogP contribution < -0.4 is 20.9 Å². The minimum atomic E-state index is -3.58. The molecule has 0 aliphatic rings. The van der Waals surface area contributed by atoms with Crippen molar-refractivity contribution < 1.29 is 37.3 Å². The first-order valence-electron chi connectivity index (χ1n) is 13.6. The predicted molar refractivity (Wildman–Crippen MR) is 157 cm³/mol. The first-order chi connectivity index (χ1) is 20.7. The number of carbonyl (C=O) groups is 2. The molecule has 0 aliphatic carbocycles. The Hall–Kier alpha value is -5.11. The van der Waals surface area contributed by atoms with Crippen LogP contribution in [0.25, 0.3) is 6.08 Å². The number of alkyl halides is 2. The summed E-state index contributed by atoms with van der Waals surface area (Å²) in [7, 11) is 0. The number of benzene rings is 3. The molecule has 4 N–H and O–H groups in total. The van der Waals surface area contributed by atoms with Crippen LogP contribution in [0, 0.1) is 11.3 Å². The molecule has 0 bridgehead atoms. The molecule has 9 nitrogen and oxygen atoms in total. The summed E-state index contributed by atoms with van der Waals surface area (Å²) in [5, 5.41) is 8.53. The summed E-state index contributed by atoms with van der Waals surface area (Å²) in [6, 6.07) is 17.6. The maximum Gasteiger partial charge on any atom is 0.426 e. The van der Waals surface area contributed by atoms with E-state index in [1.54, 1.807) is 0 Å². The van der Waals surface area contributed by atoms with Gasteiger partial charge in [0.15, 0.2) is 0 Å². The van der Waals surface area contributed by atoms with E-state index in [4.69, 9.17) is 35.7 Å². The third-order valence-electron chi connectivity index (χ3n) is 5.95. The first kappa shape index (κ1) is 32.4. The quantitative estimate of drug-likeness (QED) is 0.0852. The van der Waals surface area contributed by atoms with Crippen molar-refractivity contribution >= 4 is 29.4 Å². The smallest absolute Gasteiger partial charge is 0.426 e. The summed E-state index contributed by atoms with van der Waals surface area (Å²) >= 11 is 0. The number of unbranched alkanes of at least 4 members (excludes halogenated alkanes) is 4. The monoisotopic (exact) mass is 593 g/mol. The van der Waals surface area contributed by atoms with Gasteiger partial charge in [0.1, 0.15) is 24.7 Å². The molecule has 0 atom stereocenters. The summed E-state index contributed by atoms with van der Waals surface area (Å²) in [6.07, 6.45) is 3.13. The van der Waals surface area contributed by atoms with Crippen molar-refractivity contribution in [3.05, 3.63) is 89.5 Å². The van der Waals surface area contributed by atoms with Crippen LogP contribution in [-0.4, -0.2) is 31.8 Å². The lowest BCUT2D eigenvalue weighted by atomic mass is 10.1. The van der Waals surface area contributed by atoms with Crippen LogP contribution in [0.5, 0.6) is 11.5 Å². The van der Waals surface area contributed by atoms with Gasteiger partial charge in [-0.1, -0.05) is 25.0 Å². The van der Waals surface area contributed by atoms with E-state index in [-0.39, 0.29) is 30.1 Å². The molecule has 0 amide bonds. The molecule has 0 radical (unpaired) electrons. The molecule has 226 valence electrons. The van der Waals surface area contributed by atoms with Crippen molar-refractivity contribution in [1.82, 2.24) is 0 Å². The van der Waals surface area contributed by atoms with Crippen LogP contribution in [0.15, 0.2) is 72.8 Å². The number of anilines is 2. The fourth-order valence-electron chi connectivity index (χ4n) is 3.82. The van der Waals surface area contributed by atoms with Crippen LogP contribution in [0.2, 0.25) is 0 Å². The number of esters is 2. The average molecular weight is 594 g/mol. The van der Waals surface area contributed by atoms with Gasteiger partial charge in [0, 0.05) is 23.9 Å². The van der Waals surface area contributed by atoms with Crippen molar-refractivity contribution in [2.45, 2.75) is 38.2 Å². The van der Waals surface area contributed by atoms with Crippen LogP contribution in [-0.2, 0) is 20.4 Å². The lowest BCUT2D eigenvalue weighted by Crippen LogP contribution is -2.21. The van der Waals surface area contributed by atoms with Gasteiger partial charge >= 0.3 is 18.0 Å². The Labute approximate surface area is 248 Å². The standard InChI is InChI=1S/C32H33F2N3O6/c33-32(34,25-9-13-28(14-10-25)40-17-5-3-1-2-4-16-35)43-29-11-6-23(7-12-29)8-15-30(38)41-18-19-42-31(39)24-20-26(36)22-27(37)21-24/h6-15,20-22H,1-5,17-19,36-37H2. The Morgan fingerprint density at radius 1 is 0.814 bits per heavy atom. The number of hydrogen-bond donors (Lipinski definition) is 2. The van der Waals surface area contributed by atoms with E-state index in [1.807, 2.05) is 0 Å². The van der Waals surface area contributed by atoms with Crippen molar-refractivity contribution in [1.29, 1.82) is 5.26 Å². The minimum absolute atomic E-state index is 0.0646. The molecular weight excluding hydrogens is 560 g/mol. The summed E-state index contributed by atoms with van der Waals surface area (Å²) in [5.41, 5.74) is 12.3. The molecule has 0 aromatic heterocycles. The maximum atomic E-state index is 14.7. The zero-order chi connectivity index (χ0) is 31.1. The molecule has 43 heavy (non-hydrogen) atoms. The van der Waals surface area contributed by atoms with Crippen molar-refractivity contribution in [2.24, 2.45) is 0 Å². The second kappa shape index (κ2) is 16.4. The van der Waals surface area contributed by atoms with Gasteiger partial charge in [0.25, 0.3) is 0 Å². The second-order valence-corrected chi connectivity index (χ2v) is 9.41. The topological polar surface area (TPSA) is 147 Å². The van der Waals surface area contributed by atoms with Gasteiger partial charge in [-0.15, -0.1) is 0 Å². The molecule has 3 aromatic carbocycles. The minimum Gasteiger partial charge on any atom is -0.494 e. The van der Waals surface area contributed by atoms with Gasteiger partial charge in [-0.2, -0.15) is 14.0 Å². The predicted octanol–water partition coefficient (Wildman–Crippen LogP) is 6.25. The Bertz CT molecular complexity index is 1400. The number of ether oxygens (including phenoxy) is 4. The normalized spacial score (nSPS) is 11.1. The lowest BCUT2D eigenvalue weighted by Gasteiger charge is -2.18. The van der Waals surface area contributed by atoms with Crippen LogP contribution >= 0.6 is 0 Å². The Morgan fingerprint density at radius 3 is 2.12 bits per heavy atom. The van der Waals surface area contributed by atoms with Crippen LogP contribution in [0.4, 0.5) is 20.2 Å². The van der Waals surface area contributed by atoms with E-state index in [0.29, 0.717) is 35.7 Å². The van der Waals surface area contributed by atoms with E-state index >= 15 is 0 Å². The fourth-order valence-corrected chi connectivity index (χ4v) is 3.82. The van der Waals surface area contributed by atoms with E-state index in [9.17, 15) is 18.4 Å². The van der Waals surface area contributed by atoms with Gasteiger partial charge in [0.05, 0.1) is 23.8 Å².